The molecule has 6 aromatic rings. The number of nitrogens with zero attached hydrogens (tertiary/aromatic N) is 1. The van der Waals surface area contributed by atoms with Gasteiger partial charge in [0.25, 0.3) is 0 Å². The van der Waals surface area contributed by atoms with Crippen molar-refractivity contribution in [2.45, 2.75) is 13.8 Å². The van der Waals surface area contributed by atoms with Gasteiger partial charge in [0.05, 0.1) is 5.57 Å². The van der Waals surface area contributed by atoms with Crippen LogP contribution in [0.4, 0.5) is 17.1 Å². The van der Waals surface area contributed by atoms with Crippen LogP contribution in [0.2, 0.25) is 0 Å². The van der Waals surface area contributed by atoms with Crippen molar-refractivity contribution in [1.29, 1.82) is 0 Å². The molecule has 0 saturated heterocycles. The summed E-state index contributed by atoms with van der Waals surface area (Å²) in [6, 6.07) is 41.1. The lowest BCUT2D eigenvalue weighted by Crippen LogP contribution is -2.10. The molecule has 0 aromatic heterocycles. The van der Waals surface area contributed by atoms with Gasteiger partial charge in [0.1, 0.15) is 0 Å². The minimum Gasteiger partial charge on any atom is -0.310 e. The van der Waals surface area contributed by atoms with Crippen molar-refractivity contribution in [2.75, 3.05) is 4.90 Å². The summed E-state index contributed by atoms with van der Waals surface area (Å²) in [5, 5.41) is 4.51. The molecule has 0 saturated carbocycles. The van der Waals surface area contributed by atoms with E-state index in [4.69, 9.17) is 0 Å². The lowest BCUT2D eigenvalue weighted by molar-refractivity contribution is 0.0990. The Morgan fingerprint density at radius 3 is 1.66 bits per heavy atom. The predicted molar refractivity (Wildman–Crippen MR) is 169 cm³/mol. The van der Waals surface area contributed by atoms with Crippen LogP contribution in [0.3, 0.4) is 0 Å². The number of hydrogen-bond donors (Lipinski definition) is 0. The Hall–Kier alpha value is -5.28. The molecule has 0 N–H and O–H groups in total. The van der Waals surface area contributed by atoms with E-state index < -0.39 is 0 Å². The molecule has 0 amide bonds. The normalized spacial score (nSPS) is 12.7. The Morgan fingerprint density at radius 1 is 0.488 bits per heavy atom. The lowest BCUT2D eigenvalue weighted by atomic mass is 10.0. The maximum atomic E-state index is 12.9. The van der Waals surface area contributed by atoms with Crippen molar-refractivity contribution >= 4 is 56.2 Å². The number of fused-ring (bicyclic) bond motifs is 3. The number of carbonyl (C=O) groups is 2. The van der Waals surface area contributed by atoms with E-state index in [1.807, 2.05) is 12.1 Å². The van der Waals surface area contributed by atoms with Crippen LogP contribution >= 0.6 is 0 Å². The Bertz CT molecular complexity index is 2010. The minimum atomic E-state index is -0.208. The van der Waals surface area contributed by atoms with Crippen molar-refractivity contribution in [1.82, 2.24) is 0 Å². The molecule has 1 aliphatic carbocycles. The molecule has 1 aliphatic rings. The smallest absolute Gasteiger partial charge is 0.197 e. The van der Waals surface area contributed by atoms with E-state index in [1.165, 1.54) is 21.9 Å². The van der Waals surface area contributed by atoms with Gasteiger partial charge in [-0.05, 0) is 101 Å². The van der Waals surface area contributed by atoms with Crippen molar-refractivity contribution in [3.8, 4) is 0 Å². The minimum absolute atomic E-state index is 0.208. The van der Waals surface area contributed by atoms with Gasteiger partial charge in [0.15, 0.2) is 11.6 Å². The third-order valence-corrected chi connectivity index (χ3v) is 7.78. The number of aryl methyl sites for hydroxylation is 2. The average Bonchev–Trinajstić information content (AvgIpc) is 3.21. The second kappa shape index (κ2) is 9.72. The summed E-state index contributed by atoms with van der Waals surface area (Å²) in [4.78, 5) is 28.1. The fourth-order valence-corrected chi connectivity index (χ4v) is 5.89. The zero-order valence-corrected chi connectivity index (χ0v) is 22.9. The molecule has 0 spiro atoms. The molecular weight excluding hydrogens is 502 g/mol. The van der Waals surface area contributed by atoms with E-state index in [0.29, 0.717) is 11.1 Å². The summed E-state index contributed by atoms with van der Waals surface area (Å²) in [6.45, 7) is 4.26. The van der Waals surface area contributed by atoms with E-state index in [0.717, 1.165) is 33.4 Å². The van der Waals surface area contributed by atoms with Gasteiger partial charge in [-0.3, -0.25) is 9.59 Å². The fourth-order valence-electron chi connectivity index (χ4n) is 5.89. The number of allylic oxidation sites excluding steroid dienone is 1. The molecule has 0 bridgehead atoms. The summed E-state index contributed by atoms with van der Waals surface area (Å²) in [5.74, 6) is -0.416. The maximum Gasteiger partial charge on any atom is 0.197 e. The first-order valence-electron chi connectivity index (χ1n) is 13.8. The lowest BCUT2D eigenvalue weighted by Gasteiger charge is -2.27. The highest BCUT2D eigenvalue weighted by atomic mass is 16.2. The average molecular weight is 530 g/mol. The van der Waals surface area contributed by atoms with Gasteiger partial charge in [0, 0.05) is 28.2 Å². The van der Waals surface area contributed by atoms with Crippen molar-refractivity contribution in [3.63, 3.8) is 0 Å². The molecule has 6 aromatic carbocycles. The Kier molecular flexibility index (Phi) is 5.87. The van der Waals surface area contributed by atoms with Gasteiger partial charge in [-0.15, -0.1) is 0 Å². The zero-order valence-electron chi connectivity index (χ0n) is 22.9. The number of rotatable bonds is 4. The first-order chi connectivity index (χ1) is 19.9. The largest absolute Gasteiger partial charge is 0.310 e. The molecule has 0 fully saturated rings. The highest BCUT2D eigenvalue weighted by molar-refractivity contribution is 6.41. The van der Waals surface area contributed by atoms with Gasteiger partial charge >= 0.3 is 0 Å². The second-order valence-corrected chi connectivity index (χ2v) is 10.8. The molecular formula is C38H27NO2. The Balaban J connectivity index is 1.31. The quantitative estimate of drug-likeness (QED) is 0.169. The topological polar surface area (TPSA) is 37.4 Å². The molecule has 3 nitrogen and oxygen atoms in total. The van der Waals surface area contributed by atoms with Crippen molar-refractivity contribution in [2.24, 2.45) is 0 Å². The number of benzene rings is 6. The van der Waals surface area contributed by atoms with Crippen LogP contribution in [-0.2, 0) is 0 Å². The molecule has 0 radical (unpaired) electrons. The Labute approximate surface area is 239 Å². The van der Waals surface area contributed by atoms with E-state index in [-0.39, 0.29) is 17.1 Å². The highest BCUT2D eigenvalue weighted by Crippen LogP contribution is 2.38. The maximum absolute atomic E-state index is 12.9. The van der Waals surface area contributed by atoms with Crippen LogP contribution in [0.25, 0.3) is 27.6 Å². The Morgan fingerprint density at radius 2 is 1.00 bits per heavy atom. The number of anilines is 3. The van der Waals surface area contributed by atoms with Gasteiger partial charge in [-0.1, -0.05) is 78.9 Å². The zero-order chi connectivity index (χ0) is 28.1. The summed E-state index contributed by atoms with van der Waals surface area (Å²) >= 11 is 0. The SMILES string of the molecule is Cc1cc(C)cc(N(c2ccc3ccccc3c2)c2ccc3cc(C=C4C(=O)c5ccccc5C4=O)ccc3c2)c1. The van der Waals surface area contributed by atoms with Gasteiger partial charge in [0.2, 0.25) is 0 Å². The summed E-state index contributed by atoms with van der Waals surface area (Å²) < 4.78 is 0. The van der Waals surface area contributed by atoms with Crippen LogP contribution in [0, 0.1) is 13.8 Å². The third kappa shape index (κ3) is 4.42. The van der Waals surface area contributed by atoms with Crippen LogP contribution in [-0.4, -0.2) is 11.6 Å². The van der Waals surface area contributed by atoms with Crippen LogP contribution < -0.4 is 4.90 Å². The standard InChI is InChI=1S/C38H27NO2/c1-24-17-25(2)19-33(18-24)39(31-15-13-27-7-3-4-8-28(27)22-31)32-16-14-29-20-26(11-12-30(29)23-32)21-36-37(40)34-9-5-6-10-35(34)38(36)41/h3-23H,1-2H3. The van der Waals surface area contributed by atoms with Crippen LogP contribution in [0.5, 0.6) is 0 Å². The molecule has 7 rings (SSSR count). The fraction of sp³-hybridized carbons (Fsp3) is 0.0526. The third-order valence-electron chi connectivity index (χ3n) is 7.78. The second-order valence-electron chi connectivity index (χ2n) is 10.8. The van der Waals surface area contributed by atoms with Crippen LogP contribution in [0.15, 0.2) is 127 Å². The molecule has 3 heteroatoms. The number of carbonyl (C=O) groups excluding carboxylic acids is 2. The summed E-state index contributed by atoms with van der Waals surface area (Å²) in [6.07, 6.45) is 1.72. The first-order valence-corrected chi connectivity index (χ1v) is 13.8. The van der Waals surface area contributed by atoms with Crippen molar-refractivity contribution < 1.29 is 9.59 Å². The van der Waals surface area contributed by atoms with E-state index in [1.54, 1.807) is 30.3 Å². The molecule has 196 valence electrons. The molecule has 41 heavy (non-hydrogen) atoms. The highest BCUT2D eigenvalue weighted by Gasteiger charge is 2.32. The van der Waals surface area contributed by atoms with Crippen LogP contribution in [0.1, 0.15) is 37.4 Å². The molecule has 0 unspecified atom stereocenters. The van der Waals surface area contributed by atoms with Gasteiger partial charge in [-0.25, -0.2) is 0 Å². The van der Waals surface area contributed by atoms with E-state index in [9.17, 15) is 9.59 Å². The number of ketones is 2. The molecule has 0 heterocycles. The van der Waals surface area contributed by atoms with Gasteiger partial charge < -0.3 is 4.90 Å². The van der Waals surface area contributed by atoms with E-state index in [2.05, 4.69) is 104 Å². The molecule has 0 aliphatic heterocycles. The summed E-state index contributed by atoms with van der Waals surface area (Å²) in [5.41, 5.74) is 7.69. The summed E-state index contributed by atoms with van der Waals surface area (Å²) in [7, 11) is 0. The van der Waals surface area contributed by atoms with Crippen molar-refractivity contribution in [3.05, 3.63) is 155 Å². The number of hydrogen-bond acceptors (Lipinski definition) is 3. The van der Waals surface area contributed by atoms with Gasteiger partial charge in [-0.2, -0.15) is 0 Å². The predicted octanol–water partition coefficient (Wildman–Crippen LogP) is 9.54. The molecule has 0 atom stereocenters. The number of Topliss-reactive ketones (excluding diaryl/α,β-unsaturated/α-hetero) is 2. The first kappa shape index (κ1) is 24.7. The van der Waals surface area contributed by atoms with E-state index >= 15 is 0 Å². The monoisotopic (exact) mass is 529 g/mol.